The molecule has 46 heavy (non-hydrogen) atoms. The second kappa shape index (κ2) is 10.7. The number of rotatable bonds is 4. The van der Waals surface area contributed by atoms with Crippen molar-refractivity contribution in [2.45, 2.75) is 26.2 Å². The topological polar surface area (TPSA) is 43.9 Å². The van der Waals surface area contributed by atoms with Crippen LogP contribution in [0.4, 0.5) is 0 Å². The molecule has 0 spiro atoms. The van der Waals surface area contributed by atoms with Crippen LogP contribution >= 0.6 is 0 Å². The van der Waals surface area contributed by atoms with Crippen molar-refractivity contribution in [2.75, 3.05) is 0 Å². The molecule has 0 amide bonds. The van der Waals surface area contributed by atoms with Crippen LogP contribution in [0.3, 0.4) is 0 Å². The number of hydrogen-bond acceptors (Lipinski definition) is 3. The van der Waals surface area contributed by atoms with Crippen molar-refractivity contribution in [1.82, 2.24) is 14.5 Å². The molecule has 0 saturated heterocycles. The zero-order valence-corrected chi connectivity index (χ0v) is 25.6. The average Bonchev–Trinajstić information content (AvgIpc) is 3.51. The Hall–Kier alpha value is -5.74. The highest BCUT2D eigenvalue weighted by Crippen LogP contribution is 2.40. The number of aryl methyl sites for hydroxylation is 2. The van der Waals surface area contributed by atoms with Crippen LogP contribution in [0.25, 0.3) is 72.8 Å². The van der Waals surface area contributed by atoms with Gasteiger partial charge in [0.05, 0.1) is 5.52 Å². The second-order valence-corrected chi connectivity index (χ2v) is 12.1. The van der Waals surface area contributed by atoms with Gasteiger partial charge in [-0.05, 0) is 73.7 Å². The van der Waals surface area contributed by atoms with Gasteiger partial charge in [-0.25, -0.2) is 9.97 Å². The van der Waals surface area contributed by atoms with Gasteiger partial charge >= 0.3 is 0 Å². The maximum Gasteiger partial charge on any atom is 0.180 e. The van der Waals surface area contributed by atoms with E-state index in [1.54, 1.807) is 0 Å². The third-order valence-corrected chi connectivity index (χ3v) is 9.14. The lowest BCUT2D eigenvalue weighted by atomic mass is 10.0. The number of hydrogen-bond donors (Lipinski definition) is 0. The van der Waals surface area contributed by atoms with Gasteiger partial charge in [0.15, 0.2) is 11.4 Å². The maximum atomic E-state index is 6.83. The first-order valence-electron chi connectivity index (χ1n) is 16.0. The van der Waals surface area contributed by atoms with Gasteiger partial charge < -0.3 is 8.98 Å². The van der Waals surface area contributed by atoms with Gasteiger partial charge in [0, 0.05) is 38.9 Å². The monoisotopic (exact) mass is 593 g/mol. The number of benzene rings is 4. The third-order valence-electron chi connectivity index (χ3n) is 9.14. The van der Waals surface area contributed by atoms with E-state index in [0.717, 1.165) is 69.4 Å². The van der Waals surface area contributed by atoms with Gasteiger partial charge in [-0.15, -0.1) is 0 Å². The molecule has 3 aromatic heterocycles. The molecule has 0 atom stereocenters. The molecule has 0 unspecified atom stereocenters. The number of allylic oxidation sites excluding steroid dienone is 7. The molecule has 7 aromatic rings. The van der Waals surface area contributed by atoms with Gasteiger partial charge in [-0.2, -0.15) is 0 Å². The van der Waals surface area contributed by atoms with Crippen LogP contribution in [0, 0.1) is 6.92 Å². The molecule has 0 N–H and O–H groups in total. The van der Waals surface area contributed by atoms with E-state index < -0.39 is 0 Å². The second-order valence-electron chi connectivity index (χ2n) is 12.1. The Morgan fingerprint density at radius 1 is 0.739 bits per heavy atom. The number of aromatic nitrogens is 3. The molecule has 220 valence electrons. The van der Waals surface area contributed by atoms with E-state index >= 15 is 0 Å². The summed E-state index contributed by atoms with van der Waals surface area (Å²) in [6.07, 6.45) is 18.2. The largest absolute Gasteiger partial charge is 0.451 e. The number of para-hydroxylation sites is 2. The molecule has 9 rings (SSSR count). The Balaban J connectivity index is 1.27. The fraction of sp³-hybridized carbons (Fsp3) is 0.0952. The lowest BCUT2D eigenvalue weighted by Crippen LogP contribution is -2.00. The van der Waals surface area contributed by atoms with E-state index in [9.17, 15) is 0 Å². The molecule has 4 heteroatoms. The third kappa shape index (κ3) is 4.29. The van der Waals surface area contributed by atoms with Gasteiger partial charge in [-0.1, -0.05) is 103 Å². The molecule has 0 saturated carbocycles. The quantitative estimate of drug-likeness (QED) is 0.204. The minimum atomic E-state index is 0.696. The van der Waals surface area contributed by atoms with Crippen molar-refractivity contribution in [3.63, 3.8) is 0 Å². The zero-order valence-electron chi connectivity index (χ0n) is 25.6. The molecule has 4 aromatic carbocycles. The van der Waals surface area contributed by atoms with Crippen LogP contribution in [-0.2, 0) is 6.42 Å². The highest BCUT2D eigenvalue weighted by Gasteiger charge is 2.22. The van der Waals surface area contributed by atoms with Gasteiger partial charge in [0.25, 0.3) is 0 Å². The van der Waals surface area contributed by atoms with Crippen molar-refractivity contribution in [2.24, 2.45) is 0 Å². The molecule has 3 heterocycles. The van der Waals surface area contributed by atoms with E-state index in [0.29, 0.717) is 11.4 Å². The Kier molecular flexibility index (Phi) is 6.20. The molecular weight excluding hydrogens is 562 g/mol. The zero-order chi connectivity index (χ0) is 30.6. The molecule has 0 bridgehead atoms. The summed E-state index contributed by atoms with van der Waals surface area (Å²) in [5, 5.41) is 2.31. The number of fused-ring (bicyclic) bond motifs is 6. The Bertz CT molecular complexity index is 2460. The van der Waals surface area contributed by atoms with Crippen molar-refractivity contribution >= 4 is 44.6 Å². The minimum Gasteiger partial charge on any atom is -0.451 e. The summed E-state index contributed by atoms with van der Waals surface area (Å²) < 4.78 is 9.23. The molecule has 2 aliphatic rings. The summed E-state index contributed by atoms with van der Waals surface area (Å²) in [5.41, 5.74) is 13.5. The van der Waals surface area contributed by atoms with Crippen molar-refractivity contribution in [3.05, 3.63) is 150 Å². The van der Waals surface area contributed by atoms with Crippen LogP contribution in [0.1, 0.15) is 35.4 Å². The standard InChI is InChI=1S/C42H31N3O/c1-27-13-10-17-30(25-27)42-43-38(28-14-4-2-3-5-15-28)41-39(44-42)35-22-12-21-32(40(35)46-41)29-16-11-18-31(26-29)45-36-23-8-6-19-33(36)34-20-7-9-24-37(34)45/h2,4-6,8-19,21-26H,3,7,20H2,1H3. The summed E-state index contributed by atoms with van der Waals surface area (Å²) in [6.45, 7) is 2.10. The van der Waals surface area contributed by atoms with Gasteiger partial charge in [0.1, 0.15) is 16.8 Å². The van der Waals surface area contributed by atoms with Crippen molar-refractivity contribution < 1.29 is 4.42 Å². The van der Waals surface area contributed by atoms with Crippen LogP contribution in [-0.4, -0.2) is 14.5 Å². The summed E-state index contributed by atoms with van der Waals surface area (Å²) in [6, 6.07) is 32.3. The normalized spacial score (nSPS) is 14.2. The molecule has 2 aliphatic carbocycles. The predicted molar refractivity (Wildman–Crippen MR) is 190 cm³/mol. The fourth-order valence-electron chi connectivity index (χ4n) is 7.02. The lowest BCUT2D eigenvalue weighted by Gasteiger charge is -2.13. The average molecular weight is 594 g/mol. The first-order valence-corrected chi connectivity index (χ1v) is 16.0. The van der Waals surface area contributed by atoms with E-state index in [-0.39, 0.29) is 0 Å². The Morgan fingerprint density at radius 3 is 2.57 bits per heavy atom. The van der Waals surface area contributed by atoms with Crippen LogP contribution in [0.2, 0.25) is 0 Å². The highest BCUT2D eigenvalue weighted by atomic mass is 16.3. The SMILES string of the molecule is Cc1cccc(-c2nc(C3=CC=CCC=C3)c3oc4c(-c5cccc(-n6c7c(c8ccccc86)CCC=C7)c5)cccc4c3n2)c1. The first-order chi connectivity index (χ1) is 22.7. The smallest absolute Gasteiger partial charge is 0.180 e. The van der Waals surface area contributed by atoms with Crippen LogP contribution < -0.4 is 0 Å². The van der Waals surface area contributed by atoms with E-state index in [1.807, 2.05) is 0 Å². The molecule has 0 aliphatic heterocycles. The summed E-state index contributed by atoms with van der Waals surface area (Å²) in [5.74, 6) is 0.696. The fourth-order valence-corrected chi connectivity index (χ4v) is 7.02. The molecular formula is C42H31N3O. The highest BCUT2D eigenvalue weighted by molar-refractivity contribution is 6.10. The lowest BCUT2D eigenvalue weighted by molar-refractivity contribution is 0.665. The number of nitrogens with zero attached hydrogens (tertiary/aromatic N) is 3. The summed E-state index contributed by atoms with van der Waals surface area (Å²) >= 11 is 0. The minimum absolute atomic E-state index is 0.696. The summed E-state index contributed by atoms with van der Waals surface area (Å²) in [4.78, 5) is 10.3. The van der Waals surface area contributed by atoms with Crippen LogP contribution in [0.15, 0.2) is 132 Å². The van der Waals surface area contributed by atoms with Crippen molar-refractivity contribution in [3.8, 4) is 28.2 Å². The molecule has 0 radical (unpaired) electrons. The first kappa shape index (κ1) is 26.6. The maximum absolute atomic E-state index is 6.83. The Labute approximate surface area is 267 Å². The predicted octanol–water partition coefficient (Wildman–Crippen LogP) is 10.8. The molecule has 4 nitrogen and oxygen atoms in total. The number of furan rings is 1. The van der Waals surface area contributed by atoms with Crippen molar-refractivity contribution in [1.29, 1.82) is 0 Å². The van der Waals surface area contributed by atoms with Crippen LogP contribution in [0.5, 0.6) is 0 Å². The Morgan fingerprint density at radius 2 is 1.61 bits per heavy atom. The van der Waals surface area contributed by atoms with E-state index in [1.165, 1.54) is 27.7 Å². The molecule has 0 fully saturated rings. The van der Waals surface area contributed by atoms with Gasteiger partial charge in [0.2, 0.25) is 0 Å². The van der Waals surface area contributed by atoms with Gasteiger partial charge in [-0.3, -0.25) is 0 Å². The summed E-state index contributed by atoms with van der Waals surface area (Å²) in [7, 11) is 0. The van der Waals surface area contributed by atoms with E-state index in [4.69, 9.17) is 14.4 Å². The van der Waals surface area contributed by atoms with E-state index in [2.05, 4.69) is 145 Å².